The van der Waals surface area contributed by atoms with E-state index in [0.717, 1.165) is 5.75 Å². The molecule has 0 aliphatic carbocycles. The summed E-state index contributed by atoms with van der Waals surface area (Å²) in [6, 6.07) is 6.67. The molecule has 1 aromatic carbocycles. The Kier molecular flexibility index (Phi) is 3.63. The van der Waals surface area contributed by atoms with E-state index in [2.05, 4.69) is 5.92 Å². The van der Waals surface area contributed by atoms with Gasteiger partial charge in [0.15, 0.2) is 0 Å². The molecule has 1 unspecified atom stereocenters. The van der Waals surface area contributed by atoms with Crippen LogP contribution in [-0.4, -0.2) is 12.6 Å². The quantitative estimate of drug-likeness (QED) is 0.745. The van der Waals surface area contributed by atoms with Crippen LogP contribution < -0.4 is 10.5 Å². The van der Waals surface area contributed by atoms with Crippen molar-refractivity contribution in [2.45, 2.75) is 6.04 Å². The van der Waals surface area contributed by atoms with Gasteiger partial charge in [-0.05, 0) is 24.3 Å². The first kappa shape index (κ1) is 9.91. The number of halogens is 1. The molecule has 0 saturated carbocycles. The molecule has 0 amide bonds. The number of hydrogen-bond donors (Lipinski definition) is 1. The van der Waals surface area contributed by atoms with Crippen molar-refractivity contribution in [3.8, 4) is 18.1 Å². The van der Waals surface area contributed by atoms with Crippen molar-refractivity contribution in [2.75, 3.05) is 6.61 Å². The van der Waals surface area contributed by atoms with Gasteiger partial charge in [0.05, 0.1) is 0 Å². The number of hydrogen-bond acceptors (Lipinski definition) is 2. The lowest BCUT2D eigenvalue weighted by Crippen LogP contribution is -2.25. The number of rotatable bonds is 3. The molecule has 0 aliphatic heterocycles. The maximum absolute atomic E-state index is 5.69. The van der Waals surface area contributed by atoms with E-state index in [-0.39, 0.29) is 6.04 Å². The minimum absolute atomic E-state index is 0.318. The van der Waals surface area contributed by atoms with Gasteiger partial charge in [-0.15, -0.1) is 6.42 Å². The van der Waals surface area contributed by atoms with Gasteiger partial charge in [-0.25, -0.2) is 0 Å². The normalized spacial score (nSPS) is 11.8. The van der Waals surface area contributed by atoms with Gasteiger partial charge in [0.25, 0.3) is 0 Å². The molecule has 0 spiro atoms. The van der Waals surface area contributed by atoms with Gasteiger partial charge in [0, 0.05) is 5.02 Å². The number of terminal acetylenes is 1. The SMILES string of the molecule is C#CC(N)COc1ccc(Cl)cc1. The smallest absolute Gasteiger partial charge is 0.119 e. The van der Waals surface area contributed by atoms with Gasteiger partial charge in [-0.2, -0.15) is 0 Å². The number of ether oxygens (including phenoxy) is 1. The van der Waals surface area contributed by atoms with E-state index >= 15 is 0 Å². The van der Waals surface area contributed by atoms with Crippen LogP contribution in [-0.2, 0) is 0 Å². The van der Waals surface area contributed by atoms with Crippen LogP contribution in [0.2, 0.25) is 5.02 Å². The largest absolute Gasteiger partial charge is 0.491 e. The minimum Gasteiger partial charge on any atom is -0.491 e. The summed E-state index contributed by atoms with van der Waals surface area (Å²) in [6.45, 7) is 0.318. The summed E-state index contributed by atoms with van der Waals surface area (Å²) in [5, 5.41) is 0.675. The highest BCUT2D eigenvalue weighted by molar-refractivity contribution is 6.30. The van der Waals surface area contributed by atoms with Crippen LogP contribution in [0.3, 0.4) is 0 Å². The Morgan fingerprint density at radius 3 is 2.62 bits per heavy atom. The fourth-order valence-electron chi connectivity index (χ4n) is 0.765. The second kappa shape index (κ2) is 4.76. The van der Waals surface area contributed by atoms with Crippen molar-refractivity contribution in [3.63, 3.8) is 0 Å². The van der Waals surface area contributed by atoms with E-state index < -0.39 is 0 Å². The zero-order valence-electron chi connectivity index (χ0n) is 7.03. The Morgan fingerprint density at radius 2 is 2.08 bits per heavy atom. The maximum Gasteiger partial charge on any atom is 0.119 e. The van der Waals surface area contributed by atoms with Crippen molar-refractivity contribution in [1.82, 2.24) is 0 Å². The molecule has 0 heterocycles. The van der Waals surface area contributed by atoms with Gasteiger partial charge >= 0.3 is 0 Å². The van der Waals surface area contributed by atoms with Crippen LogP contribution in [0.5, 0.6) is 5.75 Å². The lowest BCUT2D eigenvalue weighted by atomic mass is 10.3. The van der Waals surface area contributed by atoms with Crippen LogP contribution in [0.15, 0.2) is 24.3 Å². The summed E-state index contributed by atoms with van der Waals surface area (Å²) >= 11 is 5.69. The molecule has 0 radical (unpaired) electrons. The van der Waals surface area contributed by atoms with Crippen molar-refractivity contribution in [1.29, 1.82) is 0 Å². The van der Waals surface area contributed by atoms with Gasteiger partial charge in [0.1, 0.15) is 18.4 Å². The molecule has 0 bridgehead atoms. The predicted molar refractivity (Wildman–Crippen MR) is 53.8 cm³/mol. The number of nitrogens with two attached hydrogens (primary N) is 1. The Labute approximate surface area is 82.6 Å². The molecule has 0 aliphatic rings. The zero-order chi connectivity index (χ0) is 9.68. The summed E-state index contributed by atoms with van der Waals surface area (Å²) in [7, 11) is 0. The Hall–Kier alpha value is -1.17. The van der Waals surface area contributed by atoms with Crippen LogP contribution in [0.4, 0.5) is 0 Å². The average Bonchev–Trinajstić information content (AvgIpc) is 2.16. The Bertz CT molecular complexity index is 302. The first-order chi connectivity index (χ1) is 6.22. The van der Waals surface area contributed by atoms with E-state index in [1.165, 1.54) is 0 Å². The molecule has 0 aromatic heterocycles. The van der Waals surface area contributed by atoms with Gasteiger partial charge in [-0.1, -0.05) is 17.5 Å². The molecule has 2 nitrogen and oxygen atoms in total. The standard InChI is InChI=1S/C10H10ClNO/c1-2-9(12)7-13-10-5-3-8(11)4-6-10/h1,3-6,9H,7,12H2. The highest BCUT2D eigenvalue weighted by Gasteiger charge is 1.98. The molecule has 0 saturated heterocycles. The minimum atomic E-state index is -0.365. The van der Waals surface area contributed by atoms with Gasteiger partial charge in [0.2, 0.25) is 0 Å². The van der Waals surface area contributed by atoms with E-state index in [4.69, 9.17) is 28.5 Å². The van der Waals surface area contributed by atoms with Crippen molar-refractivity contribution >= 4 is 11.6 Å². The summed E-state index contributed by atoms with van der Waals surface area (Å²) < 4.78 is 5.29. The third-order valence-corrected chi connectivity index (χ3v) is 1.71. The van der Waals surface area contributed by atoms with Crippen LogP contribution in [0.1, 0.15) is 0 Å². The first-order valence-electron chi connectivity index (χ1n) is 3.82. The summed E-state index contributed by atoms with van der Waals surface area (Å²) in [6.07, 6.45) is 5.08. The zero-order valence-corrected chi connectivity index (χ0v) is 7.79. The lowest BCUT2D eigenvalue weighted by Gasteiger charge is -2.07. The molecule has 2 N–H and O–H groups in total. The highest BCUT2D eigenvalue weighted by atomic mass is 35.5. The van der Waals surface area contributed by atoms with E-state index in [0.29, 0.717) is 11.6 Å². The topological polar surface area (TPSA) is 35.2 Å². The van der Waals surface area contributed by atoms with Gasteiger partial charge in [-0.3, -0.25) is 0 Å². The van der Waals surface area contributed by atoms with Crippen LogP contribution >= 0.6 is 11.6 Å². The van der Waals surface area contributed by atoms with Crippen molar-refractivity contribution in [2.24, 2.45) is 5.73 Å². The molecular formula is C10H10ClNO. The second-order valence-corrected chi connectivity index (χ2v) is 2.97. The fourth-order valence-corrected chi connectivity index (χ4v) is 0.891. The first-order valence-corrected chi connectivity index (χ1v) is 4.20. The predicted octanol–water partition coefficient (Wildman–Crippen LogP) is 1.68. The highest BCUT2D eigenvalue weighted by Crippen LogP contribution is 2.15. The van der Waals surface area contributed by atoms with E-state index in [1.807, 2.05) is 0 Å². The number of benzene rings is 1. The van der Waals surface area contributed by atoms with E-state index in [1.54, 1.807) is 24.3 Å². The van der Waals surface area contributed by atoms with Crippen LogP contribution in [0, 0.1) is 12.3 Å². The maximum atomic E-state index is 5.69. The third kappa shape index (κ3) is 3.37. The monoisotopic (exact) mass is 195 g/mol. The molecule has 0 fully saturated rings. The molecule has 1 rings (SSSR count). The summed E-state index contributed by atoms with van der Waals surface area (Å²) in [4.78, 5) is 0. The third-order valence-electron chi connectivity index (χ3n) is 1.46. The molecular weight excluding hydrogens is 186 g/mol. The van der Waals surface area contributed by atoms with Crippen LogP contribution in [0.25, 0.3) is 0 Å². The molecule has 13 heavy (non-hydrogen) atoms. The van der Waals surface area contributed by atoms with Gasteiger partial charge < -0.3 is 10.5 Å². The Balaban J connectivity index is 2.47. The second-order valence-electron chi connectivity index (χ2n) is 2.54. The molecule has 1 aromatic rings. The van der Waals surface area contributed by atoms with E-state index in [9.17, 15) is 0 Å². The molecule has 3 heteroatoms. The molecule has 68 valence electrons. The summed E-state index contributed by atoms with van der Waals surface area (Å²) in [5.41, 5.74) is 5.46. The fraction of sp³-hybridized carbons (Fsp3) is 0.200. The lowest BCUT2D eigenvalue weighted by molar-refractivity contribution is 0.309. The van der Waals surface area contributed by atoms with Crippen molar-refractivity contribution < 1.29 is 4.74 Å². The average molecular weight is 196 g/mol. The van der Waals surface area contributed by atoms with Crippen molar-refractivity contribution in [3.05, 3.63) is 29.3 Å². The summed E-state index contributed by atoms with van der Waals surface area (Å²) in [5.74, 6) is 3.09. The Morgan fingerprint density at radius 1 is 1.46 bits per heavy atom. The molecule has 1 atom stereocenters.